The third-order valence-electron chi connectivity index (χ3n) is 2.14. The fourth-order valence-electron chi connectivity index (χ4n) is 1.48. The molecule has 0 bridgehead atoms. The number of nitriles is 1. The zero-order chi connectivity index (χ0) is 7.40. The highest BCUT2D eigenvalue weighted by Gasteiger charge is 2.20. The number of nitrogens with zero attached hydrogens (tertiary/aromatic N) is 1. The van der Waals surface area contributed by atoms with Gasteiger partial charge in [0.05, 0.1) is 12.2 Å². The molecule has 0 aliphatic heterocycles. The van der Waals surface area contributed by atoms with E-state index in [1.54, 1.807) is 7.11 Å². The molecular weight excluding hydrogens is 126 g/mol. The zero-order valence-corrected chi connectivity index (χ0v) is 6.34. The van der Waals surface area contributed by atoms with Crippen LogP contribution < -0.4 is 0 Å². The molecule has 0 amide bonds. The van der Waals surface area contributed by atoms with Gasteiger partial charge in [-0.25, -0.2) is 0 Å². The third-order valence-corrected chi connectivity index (χ3v) is 2.14. The smallest absolute Gasteiger partial charge is 0.0656 e. The average Bonchev–Trinajstić information content (AvgIpc) is 2.05. The average molecular weight is 139 g/mol. The molecule has 0 saturated heterocycles. The Morgan fingerprint density at radius 3 is 2.90 bits per heavy atom. The summed E-state index contributed by atoms with van der Waals surface area (Å²) in [7, 11) is 1.73. The predicted molar refractivity (Wildman–Crippen MR) is 38.4 cm³/mol. The van der Waals surface area contributed by atoms with Crippen LogP contribution in [0, 0.1) is 17.2 Å². The lowest BCUT2D eigenvalue weighted by molar-refractivity contribution is 0.0601. The Bertz CT molecular complexity index is 139. The molecule has 10 heavy (non-hydrogen) atoms. The van der Waals surface area contributed by atoms with Gasteiger partial charge in [-0.2, -0.15) is 5.26 Å². The molecule has 0 aromatic carbocycles. The zero-order valence-electron chi connectivity index (χ0n) is 6.34. The fourth-order valence-corrected chi connectivity index (χ4v) is 1.48. The van der Waals surface area contributed by atoms with Crippen molar-refractivity contribution in [3.8, 4) is 6.07 Å². The van der Waals surface area contributed by atoms with E-state index in [1.165, 1.54) is 0 Å². The number of methoxy groups -OCH3 is 1. The largest absolute Gasteiger partial charge is 0.381 e. The van der Waals surface area contributed by atoms with Crippen LogP contribution in [0.4, 0.5) is 0 Å². The summed E-state index contributed by atoms with van der Waals surface area (Å²) in [5, 5.41) is 8.60. The van der Waals surface area contributed by atoms with Crippen molar-refractivity contribution in [2.24, 2.45) is 5.92 Å². The Kier molecular flexibility index (Phi) is 2.70. The van der Waals surface area contributed by atoms with Gasteiger partial charge in [0.2, 0.25) is 0 Å². The lowest BCUT2D eigenvalue weighted by atomic mass is 9.88. The van der Waals surface area contributed by atoms with Gasteiger partial charge in [0, 0.05) is 13.0 Å². The van der Waals surface area contributed by atoms with Crippen LogP contribution in [-0.2, 0) is 4.74 Å². The lowest BCUT2D eigenvalue weighted by Gasteiger charge is -2.23. The fraction of sp³-hybridized carbons (Fsp3) is 0.875. The first-order chi connectivity index (χ1) is 4.86. The summed E-state index contributed by atoms with van der Waals surface area (Å²) in [4.78, 5) is 0. The van der Waals surface area contributed by atoms with E-state index in [9.17, 15) is 0 Å². The molecule has 1 saturated carbocycles. The van der Waals surface area contributed by atoms with E-state index in [0.717, 1.165) is 25.7 Å². The van der Waals surface area contributed by atoms with E-state index in [1.807, 2.05) is 0 Å². The number of hydrogen-bond acceptors (Lipinski definition) is 2. The Morgan fingerprint density at radius 2 is 2.30 bits per heavy atom. The summed E-state index contributed by atoms with van der Waals surface area (Å²) >= 11 is 0. The number of ether oxygens (including phenoxy) is 1. The Labute approximate surface area is 61.8 Å². The van der Waals surface area contributed by atoms with Crippen LogP contribution in [0.2, 0.25) is 0 Å². The van der Waals surface area contributed by atoms with E-state index in [4.69, 9.17) is 10.00 Å². The minimum Gasteiger partial charge on any atom is -0.381 e. The third kappa shape index (κ3) is 1.71. The van der Waals surface area contributed by atoms with Crippen LogP contribution in [0.3, 0.4) is 0 Å². The molecule has 0 aromatic heterocycles. The molecule has 1 aliphatic rings. The van der Waals surface area contributed by atoms with E-state index in [0.29, 0.717) is 6.10 Å². The molecule has 0 aromatic rings. The van der Waals surface area contributed by atoms with Crippen molar-refractivity contribution in [2.45, 2.75) is 31.8 Å². The topological polar surface area (TPSA) is 33.0 Å². The summed E-state index contributed by atoms with van der Waals surface area (Å²) in [6.45, 7) is 0. The molecule has 0 spiro atoms. The van der Waals surface area contributed by atoms with Gasteiger partial charge in [-0.15, -0.1) is 0 Å². The number of rotatable bonds is 1. The predicted octanol–water partition coefficient (Wildman–Crippen LogP) is 1.72. The molecule has 2 heteroatoms. The maximum absolute atomic E-state index is 8.60. The minimum atomic E-state index is 0.249. The van der Waals surface area contributed by atoms with Crippen molar-refractivity contribution in [1.29, 1.82) is 5.26 Å². The summed E-state index contributed by atoms with van der Waals surface area (Å²) in [5.41, 5.74) is 0. The summed E-state index contributed by atoms with van der Waals surface area (Å²) in [5.74, 6) is 0.249. The Hall–Kier alpha value is -0.550. The van der Waals surface area contributed by atoms with Crippen molar-refractivity contribution in [3.05, 3.63) is 0 Å². The van der Waals surface area contributed by atoms with Gasteiger partial charge in [-0.3, -0.25) is 0 Å². The van der Waals surface area contributed by atoms with E-state index in [2.05, 4.69) is 6.07 Å². The van der Waals surface area contributed by atoms with Crippen molar-refractivity contribution in [2.75, 3.05) is 7.11 Å². The van der Waals surface area contributed by atoms with E-state index in [-0.39, 0.29) is 5.92 Å². The highest BCUT2D eigenvalue weighted by atomic mass is 16.5. The SMILES string of the molecule is COC1CCCC(C#N)C1. The molecule has 1 rings (SSSR count). The standard InChI is InChI=1S/C8H13NO/c1-10-8-4-2-3-7(5-8)6-9/h7-8H,2-5H2,1H3. The maximum Gasteiger partial charge on any atom is 0.0656 e. The van der Waals surface area contributed by atoms with Crippen LogP contribution in [0.25, 0.3) is 0 Å². The first-order valence-electron chi connectivity index (χ1n) is 3.79. The van der Waals surface area contributed by atoms with Gasteiger partial charge in [-0.1, -0.05) is 0 Å². The molecule has 0 heterocycles. The maximum atomic E-state index is 8.60. The highest BCUT2D eigenvalue weighted by Crippen LogP contribution is 2.24. The van der Waals surface area contributed by atoms with Gasteiger partial charge in [0.15, 0.2) is 0 Å². The summed E-state index contributed by atoms with van der Waals surface area (Å²) < 4.78 is 5.17. The quantitative estimate of drug-likeness (QED) is 0.554. The van der Waals surface area contributed by atoms with E-state index >= 15 is 0 Å². The van der Waals surface area contributed by atoms with Gasteiger partial charge in [0.1, 0.15) is 0 Å². The molecule has 0 N–H and O–H groups in total. The molecule has 0 radical (unpaired) electrons. The first kappa shape index (κ1) is 7.56. The Morgan fingerprint density at radius 1 is 1.50 bits per heavy atom. The molecule has 2 unspecified atom stereocenters. The second kappa shape index (κ2) is 3.58. The van der Waals surface area contributed by atoms with Crippen molar-refractivity contribution >= 4 is 0 Å². The van der Waals surface area contributed by atoms with Crippen molar-refractivity contribution in [3.63, 3.8) is 0 Å². The van der Waals surface area contributed by atoms with Crippen LogP contribution in [0.1, 0.15) is 25.7 Å². The first-order valence-corrected chi connectivity index (χ1v) is 3.79. The van der Waals surface area contributed by atoms with Gasteiger partial charge < -0.3 is 4.74 Å². The normalized spacial score (nSPS) is 33.2. The molecular formula is C8H13NO. The van der Waals surface area contributed by atoms with Crippen LogP contribution in [0.5, 0.6) is 0 Å². The highest BCUT2D eigenvalue weighted by molar-refractivity contribution is 4.87. The van der Waals surface area contributed by atoms with Crippen molar-refractivity contribution in [1.82, 2.24) is 0 Å². The second-order valence-corrected chi connectivity index (χ2v) is 2.85. The summed E-state index contributed by atoms with van der Waals surface area (Å²) in [6.07, 6.45) is 4.63. The van der Waals surface area contributed by atoms with Crippen LogP contribution >= 0.6 is 0 Å². The van der Waals surface area contributed by atoms with Gasteiger partial charge in [0.25, 0.3) is 0 Å². The molecule has 56 valence electrons. The van der Waals surface area contributed by atoms with Gasteiger partial charge in [-0.05, 0) is 25.7 Å². The number of hydrogen-bond donors (Lipinski definition) is 0. The van der Waals surface area contributed by atoms with E-state index < -0.39 is 0 Å². The molecule has 1 fully saturated rings. The van der Waals surface area contributed by atoms with Crippen LogP contribution in [-0.4, -0.2) is 13.2 Å². The van der Waals surface area contributed by atoms with Crippen molar-refractivity contribution < 1.29 is 4.74 Å². The molecule has 2 nitrogen and oxygen atoms in total. The van der Waals surface area contributed by atoms with Crippen LogP contribution in [0.15, 0.2) is 0 Å². The lowest BCUT2D eigenvalue weighted by Crippen LogP contribution is -2.20. The summed E-state index contributed by atoms with van der Waals surface area (Å²) in [6, 6.07) is 2.29. The second-order valence-electron chi connectivity index (χ2n) is 2.85. The molecule has 1 aliphatic carbocycles. The van der Waals surface area contributed by atoms with Gasteiger partial charge >= 0.3 is 0 Å². The molecule has 2 atom stereocenters. The monoisotopic (exact) mass is 139 g/mol. The minimum absolute atomic E-state index is 0.249. The Balaban J connectivity index is 2.33.